The van der Waals surface area contributed by atoms with Gasteiger partial charge < -0.3 is 20.2 Å². The molecule has 9 nitrogen and oxygen atoms in total. The van der Waals surface area contributed by atoms with Crippen molar-refractivity contribution in [3.05, 3.63) is 0 Å². The first-order chi connectivity index (χ1) is 14.7. The molecule has 1 rings (SSSR count). The Balaban J connectivity index is 3.14. The van der Waals surface area contributed by atoms with Crippen LogP contribution >= 0.6 is 0 Å². The number of likely N-dealkylation sites (tertiary alicyclic amines) is 1. The molecule has 0 spiro atoms. The van der Waals surface area contributed by atoms with E-state index in [1.807, 2.05) is 60.5 Å². The molecule has 1 heterocycles. The predicted molar refractivity (Wildman–Crippen MR) is 123 cm³/mol. The topological polar surface area (TPSA) is 110 Å². The zero-order valence-corrected chi connectivity index (χ0v) is 21.1. The van der Waals surface area contributed by atoms with Gasteiger partial charge in [-0.25, -0.2) is 4.79 Å². The van der Waals surface area contributed by atoms with Crippen LogP contribution in [-0.2, 0) is 19.2 Å². The van der Waals surface area contributed by atoms with Gasteiger partial charge in [0.2, 0.25) is 17.7 Å². The zero-order chi connectivity index (χ0) is 24.9. The molecule has 1 fully saturated rings. The molecule has 3 amide bonds. The van der Waals surface area contributed by atoms with E-state index in [0.717, 1.165) is 0 Å². The number of hydrogen-bond donors (Lipinski definition) is 2. The first kappa shape index (κ1) is 27.9. The summed E-state index contributed by atoms with van der Waals surface area (Å²) in [6.07, 6.45) is 1.03. The molecule has 4 atom stereocenters. The van der Waals surface area contributed by atoms with Gasteiger partial charge in [0, 0.05) is 13.6 Å². The minimum absolute atomic E-state index is 0.0544. The van der Waals surface area contributed by atoms with Crippen LogP contribution < -0.4 is 5.32 Å². The van der Waals surface area contributed by atoms with Crippen LogP contribution in [0.25, 0.3) is 0 Å². The highest BCUT2D eigenvalue weighted by atomic mass is 16.4. The van der Waals surface area contributed by atoms with Crippen LogP contribution in [0.15, 0.2) is 0 Å². The van der Waals surface area contributed by atoms with E-state index in [1.165, 1.54) is 9.80 Å². The van der Waals surface area contributed by atoms with Crippen molar-refractivity contribution in [3.8, 4) is 0 Å². The summed E-state index contributed by atoms with van der Waals surface area (Å²) in [6, 6.07) is -2.86. The van der Waals surface area contributed by atoms with Gasteiger partial charge in [-0.15, -0.1) is 0 Å². The Morgan fingerprint density at radius 1 is 0.906 bits per heavy atom. The summed E-state index contributed by atoms with van der Waals surface area (Å²) in [5.74, 6) is -2.33. The van der Waals surface area contributed by atoms with Crippen LogP contribution in [0, 0.1) is 17.8 Å². The zero-order valence-electron chi connectivity index (χ0n) is 21.1. The summed E-state index contributed by atoms with van der Waals surface area (Å²) in [5, 5.41) is 12.4. The average Bonchev–Trinajstić information content (AvgIpc) is 3.14. The maximum atomic E-state index is 13.5. The standard InChI is InChI=1S/C23H42N4O5/c1-13(2)17(24-20(28)18(14(3)4)25(7)8)21(29)26(9)19(15(5)6)22(30)27-12-10-11-16(27)23(31)32/h13-19H,10-12H2,1-9H3,(H,24,28)(H,31,32)/t16-,17?,18-,19-/m0/s1. The number of carboxylic acid groups (broad SMARTS) is 1. The molecule has 1 aliphatic rings. The molecular formula is C23H42N4O5. The summed E-state index contributed by atoms with van der Waals surface area (Å²) < 4.78 is 0. The van der Waals surface area contributed by atoms with Crippen LogP contribution in [-0.4, -0.2) is 95.4 Å². The van der Waals surface area contributed by atoms with Crippen molar-refractivity contribution < 1.29 is 24.3 Å². The van der Waals surface area contributed by atoms with Crippen molar-refractivity contribution in [1.82, 2.24) is 20.0 Å². The van der Waals surface area contributed by atoms with Gasteiger partial charge in [0.1, 0.15) is 18.1 Å². The van der Waals surface area contributed by atoms with Gasteiger partial charge in [0.15, 0.2) is 0 Å². The lowest BCUT2D eigenvalue weighted by atomic mass is 9.96. The quantitative estimate of drug-likeness (QED) is 0.514. The highest BCUT2D eigenvalue weighted by Crippen LogP contribution is 2.23. The lowest BCUT2D eigenvalue weighted by Crippen LogP contribution is -2.60. The SMILES string of the molecule is CC(C)C(NC(=O)[C@H](C(C)C)N(C)C)C(=O)N(C)[C@H](C(=O)N1CCC[C@H]1C(=O)O)C(C)C. The second-order valence-corrected chi connectivity index (χ2v) is 10.0. The molecule has 0 radical (unpaired) electrons. The molecule has 9 heteroatoms. The largest absolute Gasteiger partial charge is 0.480 e. The van der Waals surface area contributed by atoms with E-state index in [0.29, 0.717) is 19.4 Å². The van der Waals surface area contributed by atoms with Gasteiger partial charge in [-0.3, -0.25) is 19.3 Å². The Kier molecular flexibility index (Phi) is 10.1. The Bertz CT molecular complexity index is 684. The number of carbonyl (C=O) groups excluding carboxylic acids is 3. The van der Waals surface area contributed by atoms with E-state index in [9.17, 15) is 24.3 Å². The van der Waals surface area contributed by atoms with Gasteiger partial charge in [-0.05, 0) is 44.7 Å². The third-order valence-electron chi connectivity index (χ3n) is 6.16. The summed E-state index contributed by atoms with van der Waals surface area (Å²) >= 11 is 0. The molecular weight excluding hydrogens is 412 g/mol. The number of carbonyl (C=O) groups is 4. The predicted octanol–water partition coefficient (Wildman–Crippen LogP) is 1.27. The molecule has 0 aromatic rings. The van der Waals surface area contributed by atoms with E-state index in [2.05, 4.69) is 5.32 Å². The Morgan fingerprint density at radius 2 is 1.44 bits per heavy atom. The Hall–Kier alpha value is -2.16. The van der Waals surface area contributed by atoms with Crippen LogP contribution in [0.2, 0.25) is 0 Å². The fraction of sp³-hybridized carbons (Fsp3) is 0.826. The number of nitrogens with zero attached hydrogens (tertiary/aromatic N) is 3. The van der Waals surface area contributed by atoms with Crippen molar-refractivity contribution in [3.63, 3.8) is 0 Å². The molecule has 0 aliphatic carbocycles. The molecule has 32 heavy (non-hydrogen) atoms. The second-order valence-electron chi connectivity index (χ2n) is 10.0. The van der Waals surface area contributed by atoms with Gasteiger partial charge in [-0.1, -0.05) is 41.5 Å². The van der Waals surface area contributed by atoms with Crippen molar-refractivity contribution in [2.75, 3.05) is 27.7 Å². The van der Waals surface area contributed by atoms with Crippen molar-refractivity contribution >= 4 is 23.7 Å². The maximum absolute atomic E-state index is 13.5. The number of amides is 3. The molecule has 184 valence electrons. The summed E-state index contributed by atoms with van der Waals surface area (Å²) in [4.78, 5) is 55.9. The number of likely N-dealkylation sites (N-methyl/N-ethyl adjacent to an activating group) is 2. The average molecular weight is 455 g/mol. The fourth-order valence-electron chi connectivity index (χ4n) is 4.60. The van der Waals surface area contributed by atoms with Gasteiger partial charge in [0.25, 0.3) is 0 Å². The Labute approximate surface area is 192 Å². The number of aliphatic carboxylic acids is 1. The van der Waals surface area contributed by atoms with Crippen LogP contribution in [0.5, 0.6) is 0 Å². The van der Waals surface area contributed by atoms with E-state index in [-0.39, 0.29) is 35.5 Å². The molecule has 0 aromatic carbocycles. The molecule has 1 saturated heterocycles. The van der Waals surface area contributed by atoms with Crippen LogP contribution in [0.1, 0.15) is 54.4 Å². The van der Waals surface area contributed by atoms with Crippen LogP contribution in [0.4, 0.5) is 0 Å². The smallest absolute Gasteiger partial charge is 0.326 e. The van der Waals surface area contributed by atoms with E-state index >= 15 is 0 Å². The minimum atomic E-state index is -1.02. The number of nitrogens with one attached hydrogen (secondary N) is 1. The summed E-state index contributed by atoms with van der Waals surface area (Å²) in [5.41, 5.74) is 0. The van der Waals surface area contributed by atoms with Gasteiger partial charge in [-0.2, -0.15) is 0 Å². The third-order valence-corrected chi connectivity index (χ3v) is 6.16. The number of rotatable bonds is 10. The summed E-state index contributed by atoms with van der Waals surface area (Å²) in [7, 11) is 5.21. The molecule has 0 aromatic heterocycles. The number of hydrogen-bond acceptors (Lipinski definition) is 5. The minimum Gasteiger partial charge on any atom is -0.480 e. The third kappa shape index (κ3) is 6.43. The van der Waals surface area contributed by atoms with E-state index < -0.39 is 30.1 Å². The molecule has 1 unspecified atom stereocenters. The van der Waals surface area contributed by atoms with E-state index in [1.54, 1.807) is 7.05 Å². The molecule has 0 bridgehead atoms. The second kappa shape index (κ2) is 11.6. The first-order valence-electron chi connectivity index (χ1n) is 11.5. The van der Waals surface area contributed by atoms with Gasteiger partial charge in [0.05, 0.1) is 6.04 Å². The van der Waals surface area contributed by atoms with Crippen molar-refractivity contribution in [1.29, 1.82) is 0 Å². The highest BCUT2D eigenvalue weighted by molar-refractivity contribution is 5.94. The lowest BCUT2D eigenvalue weighted by molar-refractivity contribution is -0.154. The van der Waals surface area contributed by atoms with Crippen LogP contribution in [0.3, 0.4) is 0 Å². The fourth-order valence-corrected chi connectivity index (χ4v) is 4.60. The van der Waals surface area contributed by atoms with E-state index in [4.69, 9.17) is 0 Å². The van der Waals surface area contributed by atoms with Gasteiger partial charge >= 0.3 is 5.97 Å². The normalized spacial score (nSPS) is 19.4. The first-order valence-corrected chi connectivity index (χ1v) is 11.5. The highest BCUT2D eigenvalue weighted by Gasteiger charge is 2.42. The lowest BCUT2D eigenvalue weighted by Gasteiger charge is -2.37. The number of carboxylic acids is 1. The molecule has 1 aliphatic heterocycles. The molecule has 2 N–H and O–H groups in total. The Morgan fingerprint density at radius 3 is 1.84 bits per heavy atom. The maximum Gasteiger partial charge on any atom is 0.326 e. The molecule has 0 saturated carbocycles. The summed E-state index contributed by atoms with van der Waals surface area (Å²) in [6.45, 7) is 11.6. The van der Waals surface area contributed by atoms with Crippen molar-refractivity contribution in [2.45, 2.75) is 78.6 Å². The monoisotopic (exact) mass is 454 g/mol. The van der Waals surface area contributed by atoms with Crippen molar-refractivity contribution in [2.24, 2.45) is 17.8 Å².